The molecule has 0 saturated heterocycles. The molecule has 5 nitrogen and oxygen atoms in total. The van der Waals surface area contributed by atoms with E-state index in [2.05, 4.69) is 15.0 Å². The van der Waals surface area contributed by atoms with Gasteiger partial charge in [0.15, 0.2) is 0 Å². The van der Waals surface area contributed by atoms with E-state index in [0.717, 1.165) is 10.6 Å². The second kappa shape index (κ2) is 3.74. The molecule has 0 amide bonds. The van der Waals surface area contributed by atoms with Crippen LogP contribution in [-0.4, -0.2) is 26.0 Å². The molecule has 76 valence electrons. The lowest BCUT2D eigenvalue weighted by molar-refractivity contribution is 0.0683. The minimum absolute atomic E-state index is 0.194. The predicted molar refractivity (Wildman–Crippen MR) is 54.8 cm³/mol. The van der Waals surface area contributed by atoms with Gasteiger partial charge in [0, 0.05) is 6.20 Å². The molecule has 0 radical (unpaired) electrons. The van der Waals surface area contributed by atoms with Crippen molar-refractivity contribution in [3.63, 3.8) is 0 Å². The number of nitrogens with zero attached hydrogens (tertiary/aromatic N) is 3. The van der Waals surface area contributed by atoms with Gasteiger partial charge in [-0.3, -0.25) is 0 Å². The molecule has 0 aliphatic carbocycles. The highest BCUT2D eigenvalue weighted by Gasteiger charge is 2.11. The minimum Gasteiger partial charge on any atom is -0.475 e. The Bertz CT molecular complexity index is 510. The fourth-order valence-corrected chi connectivity index (χ4v) is 1.91. The number of aryl methyl sites for hydroxylation is 1. The summed E-state index contributed by atoms with van der Waals surface area (Å²) >= 11 is 1.43. The highest BCUT2D eigenvalue weighted by Crippen LogP contribution is 2.24. The van der Waals surface area contributed by atoms with E-state index in [1.54, 1.807) is 11.6 Å². The zero-order valence-corrected chi connectivity index (χ0v) is 8.65. The third-order valence-corrected chi connectivity index (χ3v) is 2.78. The van der Waals surface area contributed by atoms with Crippen molar-refractivity contribution >= 4 is 17.3 Å². The van der Waals surface area contributed by atoms with E-state index in [-0.39, 0.29) is 5.82 Å². The zero-order chi connectivity index (χ0) is 10.8. The van der Waals surface area contributed by atoms with Gasteiger partial charge >= 0.3 is 5.97 Å². The number of aromatic nitrogens is 3. The maximum atomic E-state index is 10.7. The predicted octanol–water partition coefficient (Wildman–Crippen LogP) is 1.61. The lowest BCUT2D eigenvalue weighted by Crippen LogP contribution is -2.03. The molecular formula is C9H7N3O2S. The lowest BCUT2D eigenvalue weighted by atomic mass is 10.3. The Morgan fingerprint density at radius 3 is 2.87 bits per heavy atom. The summed E-state index contributed by atoms with van der Waals surface area (Å²) in [6.45, 7) is 1.86. The Morgan fingerprint density at radius 1 is 1.47 bits per heavy atom. The summed E-state index contributed by atoms with van der Waals surface area (Å²) < 4.78 is 0. The Hall–Kier alpha value is -1.82. The van der Waals surface area contributed by atoms with Crippen molar-refractivity contribution in [2.75, 3.05) is 0 Å². The number of carbonyl (C=O) groups is 1. The molecule has 15 heavy (non-hydrogen) atoms. The molecular weight excluding hydrogens is 214 g/mol. The molecule has 2 aromatic heterocycles. The summed E-state index contributed by atoms with van der Waals surface area (Å²) in [4.78, 5) is 23.2. The number of aromatic carboxylic acids is 1. The molecule has 2 rings (SSSR count). The molecule has 0 aliphatic rings. The van der Waals surface area contributed by atoms with Gasteiger partial charge in [0.25, 0.3) is 0 Å². The largest absolute Gasteiger partial charge is 0.475 e. The Kier molecular flexibility index (Phi) is 2.42. The van der Waals surface area contributed by atoms with Gasteiger partial charge in [-0.15, -0.1) is 11.3 Å². The van der Waals surface area contributed by atoms with Crippen LogP contribution in [0.25, 0.3) is 10.6 Å². The molecule has 0 saturated carbocycles. The van der Waals surface area contributed by atoms with E-state index >= 15 is 0 Å². The summed E-state index contributed by atoms with van der Waals surface area (Å²) in [5.41, 5.74) is 3.14. The van der Waals surface area contributed by atoms with Crippen molar-refractivity contribution in [1.82, 2.24) is 15.0 Å². The third kappa shape index (κ3) is 1.84. The van der Waals surface area contributed by atoms with Crippen LogP contribution in [0, 0.1) is 6.92 Å². The first kappa shape index (κ1) is 9.72. The summed E-state index contributed by atoms with van der Waals surface area (Å²) in [7, 11) is 0. The van der Waals surface area contributed by atoms with Crippen molar-refractivity contribution in [2.24, 2.45) is 0 Å². The van der Waals surface area contributed by atoms with Crippen LogP contribution >= 0.6 is 11.3 Å². The normalized spacial score (nSPS) is 10.2. The van der Waals surface area contributed by atoms with Crippen molar-refractivity contribution in [3.05, 3.63) is 29.3 Å². The number of hydrogen-bond acceptors (Lipinski definition) is 5. The zero-order valence-electron chi connectivity index (χ0n) is 7.84. The van der Waals surface area contributed by atoms with Gasteiger partial charge in [-0.05, 0) is 13.0 Å². The van der Waals surface area contributed by atoms with Crippen LogP contribution in [0.15, 0.2) is 17.8 Å². The number of hydrogen-bond donors (Lipinski definition) is 1. The second-order valence-corrected chi connectivity index (χ2v) is 3.69. The molecule has 0 spiro atoms. The minimum atomic E-state index is -1.13. The van der Waals surface area contributed by atoms with Crippen molar-refractivity contribution < 1.29 is 9.90 Å². The van der Waals surface area contributed by atoms with E-state index in [9.17, 15) is 4.79 Å². The molecule has 0 unspecified atom stereocenters. The summed E-state index contributed by atoms with van der Waals surface area (Å²) in [5, 5.41) is 8.74. The number of rotatable bonds is 2. The molecule has 0 bridgehead atoms. The van der Waals surface area contributed by atoms with Crippen LogP contribution in [0.1, 0.15) is 16.3 Å². The van der Waals surface area contributed by atoms with E-state index in [1.165, 1.54) is 17.5 Å². The average molecular weight is 221 g/mol. The smallest absolute Gasteiger partial charge is 0.373 e. The monoisotopic (exact) mass is 221 g/mol. The second-order valence-electron chi connectivity index (χ2n) is 2.84. The fraction of sp³-hybridized carbons (Fsp3) is 0.111. The van der Waals surface area contributed by atoms with Gasteiger partial charge in [0.1, 0.15) is 0 Å². The molecule has 2 heterocycles. The molecule has 0 aromatic carbocycles. The van der Waals surface area contributed by atoms with E-state index in [0.29, 0.717) is 5.69 Å². The number of thiazole rings is 1. The molecule has 0 fully saturated rings. The standard InChI is InChI=1S/C9H7N3O2S/c1-5-7(15-4-11-5)6-2-3-10-8(12-6)9(13)14/h2-4H,1H3,(H,13,14). The number of carboxylic acid groups (broad SMARTS) is 1. The Morgan fingerprint density at radius 2 is 2.27 bits per heavy atom. The van der Waals surface area contributed by atoms with Crippen molar-refractivity contribution in [1.29, 1.82) is 0 Å². The highest BCUT2D eigenvalue weighted by atomic mass is 32.1. The summed E-state index contributed by atoms with van der Waals surface area (Å²) in [6, 6.07) is 1.67. The van der Waals surface area contributed by atoms with Gasteiger partial charge < -0.3 is 5.11 Å². The van der Waals surface area contributed by atoms with Crippen LogP contribution in [-0.2, 0) is 0 Å². The van der Waals surface area contributed by atoms with E-state index in [4.69, 9.17) is 5.11 Å². The van der Waals surface area contributed by atoms with Crippen LogP contribution in [0.3, 0.4) is 0 Å². The maximum Gasteiger partial charge on any atom is 0.373 e. The fourth-order valence-electron chi connectivity index (χ4n) is 1.14. The van der Waals surface area contributed by atoms with Crippen molar-refractivity contribution in [3.8, 4) is 10.6 Å². The summed E-state index contributed by atoms with van der Waals surface area (Å²) in [5.74, 6) is -1.32. The third-order valence-electron chi connectivity index (χ3n) is 1.83. The molecule has 1 N–H and O–H groups in total. The topological polar surface area (TPSA) is 76.0 Å². The van der Waals surface area contributed by atoms with Crippen LogP contribution in [0.2, 0.25) is 0 Å². The number of carboxylic acids is 1. The van der Waals surface area contributed by atoms with Gasteiger partial charge in [0.2, 0.25) is 5.82 Å². The van der Waals surface area contributed by atoms with E-state index < -0.39 is 5.97 Å². The van der Waals surface area contributed by atoms with Crippen LogP contribution < -0.4 is 0 Å². The van der Waals surface area contributed by atoms with Gasteiger partial charge in [0.05, 0.1) is 21.8 Å². The first-order valence-electron chi connectivity index (χ1n) is 4.15. The molecule has 6 heteroatoms. The first-order valence-corrected chi connectivity index (χ1v) is 5.03. The average Bonchev–Trinajstić information content (AvgIpc) is 2.64. The van der Waals surface area contributed by atoms with Crippen LogP contribution in [0.4, 0.5) is 0 Å². The van der Waals surface area contributed by atoms with Gasteiger partial charge in [-0.25, -0.2) is 19.7 Å². The van der Waals surface area contributed by atoms with Gasteiger partial charge in [-0.2, -0.15) is 0 Å². The highest BCUT2D eigenvalue weighted by molar-refractivity contribution is 7.13. The molecule has 2 aromatic rings. The lowest BCUT2D eigenvalue weighted by Gasteiger charge is -1.98. The first-order chi connectivity index (χ1) is 7.18. The molecule has 0 aliphatic heterocycles. The van der Waals surface area contributed by atoms with E-state index in [1.807, 2.05) is 6.92 Å². The van der Waals surface area contributed by atoms with Gasteiger partial charge in [-0.1, -0.05) is 0 Å². The quantitative estimate of drug-likeness (QED) is 0.833. The summed E-state index contributed by atoms with van der Waals surface area (Å²) in [6.07, 6.45) is 1.44. The Balaban J connectivity index is 2.50. The Labute approximate surface area is 89.5 Å². The molecule has 0 atom stereocenters. The van der Waals surface area contributed by atoms with Crippen molar-refractivity contribution in [2.45, 2.75) is 6.92 Å². The van der Waals surface area contributed by atoms with Crippen LogP contribution in [0.5, 0.6) is 0 Å². The SMILES string of the molecule is Cc1ncsc1-c1ccnc(C(=O)O)n1. The maximum absolute atomic E-state index is 10.7.